The van der Waals surface area contributed by atoms with Crippen LogP contribution in [-0.2, 0) is 6.54 Å². The molecule has 4 N–H and O–H groups in total. The Balaban J connectivity index is 3.18. The van der Waals surface area contributed by atoms with Gasteiger partial charge in [-0.2, -0.15) is 0 Å². The number of alkyl halides is 2. The normalized spacial score (nSPS) is 11.2. The van der Waals surface area contributed by atoms with Crippen LogP contribution in [-0.4, -0.2) is 22.5 Å². The highest BCUT2D eigenvalue weighted by Gasteiger charge is 2.14. The van der Waals surface area contributed by atoms with Gasteiger partial charge in [0.1, 0.15) is 11.5 Å². The zero-order chi connectivity index (χ0) is 13.9. The molecule has 1 aromatic rings. The van der Waals surface area contributed by atoms with Gasteiger partial charge in [-0.25, -0.2) is 13.6 Å². The number of hydrogen-bond acceptors (Lipinski definition) is 4. The van der Waals surface area contributed by atoms with E-state index in [0.717, 1.165) is 4.57 Å². The smallest absolute Gasteiger partial charge is 0.330 e. The number of nitrogens with one attached hydrogen (secondary N) is 2. The van der Waals surface area contributed by atoms with Crippen molar-refractivity contribution in [3.63, 3.8) is 0 Å². The summed E-state index contributed by atoms with van der Waals surface area (Å²) >= 11 is 0. The van der Waals surface area contributed by atoms with Crippen LogP contribution in [0.15, 0.2) is 9.59 Å². The number of nitrogens with two attached hydrogens (primary N) is 1. The quantitative estimate of drug-likeness (QED) is 0.718. The second-order valence-corrected chi connectivity index (χ2v) is 4.30. The van der Waals surface area contributed by atoms with E-state index < -0.39 is 24.2 Å². The van der Waals surface area contributed by atoms with Crippen molar-refractivity contribution in [2.75, 3.05) is 17.6 Å². The van der Waals surface area contributed by atoms with E-state index in [9.17, 15) is 18.4 Å². The number of aromatic nitrogens is 2. The molecule has 0 bridgehead atoms. The van der Waals surface area contributed by atoms with E-state index in [0.29, 0.717) is 6.54 Å². The maximum Gasteiger partial charge on any atom is 0.330 e. The fourth-order valence-electron chi connectivity index (χ4n) is 1.48. The Bertz CT molecular complexity index is 522. The Hall–Kier alpha value is -1.86. The van der Waals surface area contributed by atoms with Crippen LogP contribution in [0.25, 0.3) is 0 Å². The van der Waals surface area contributed by atoms with Crippen molar-refractivity contribution in [2.24, 2.45) is 5.92 Å². The van der Waals surface area contributed by atoms with Gasteiger partial charge in [0.2, 0.25) is 0 Å². The standard InChI is InChI=1S/C10H16F2N4O2/c1-5(2)4-16-8(13)7(14-3-6(11)12)9(17)15-10(16)18/h5-6,14H,3-4,13H2,1-2H3,(H,15,17,18). The lowest BCUT2D eigenvalue weighted by Gasteiger charge is -2.15. The Morgan fingerprint density at radius 1 is 1.39 bits per heavy atom. The van der Waals surface area contributed by atoms with Crippen LogP contribution in [0.1, 0.15) is 13.8 Å². The maximum absolute atomic E-state index is 12.1. The van der Waals surface area contributed by atoms with Crippen LogP contribution in [0.4, 0.5) is 20.3 Å². The summed E-state index contributed by atoms with van der Waals surface area (Å²) in [6.07, 6.45) is -2.62. The molecule has 0 spiro atoms. The Labute approximate surface area is 102 Å². The first-order valence-corrected chi connectivity index (χ1v) is 5.47. The molecule has 8 heteroatoms. The Morgan fingerprint density at radius 2 is 2.00 bits per heavy atom. The molecule has 0 saturated carbocycles. The van der Waals surface area contributed by atoms with Crippen molar-refractivity contribution in [2.45, 2.75) is 26.8 Å². The van der Waals surface area contributed by atoms with Gasteiger partial charge in [0, 0.05) is 6.54 Å². The van der Waals surface area contributed by atoms with E-state index in [1.165, 1.54) is 0 Å². The number of halogens is 2. The summed E-state index contributed by atoms with van der Waals surface area (Å²) < 4.78 is 25.3. The molecule has 102 valence electrons. The van der Waals surface area contributed by atoms with E-state index >= 15 is 0 Å². The average molecular weight is 262 g/mol. The van der Waals surface area contributed by atoms with Gasteiger partial charge >= 0.3 is 5.69 Å². The minimum Gasteiger partial charge on any atom is -0.383 e. The van der Waals surface area contributed by atoms with Gasteiger partial charge in [0.05, 0.1) is 6.54 Å². The molecule has 1 rings (SSSR count). The van der Waals surface area contributed by atoms with Crippen LogP contribution in [0, 0.1) is 5.92 Å². The van der Waals surface area contributed by atoms with Crippen molar-refractivity contribution < 1.29 is 8.78 Å². The largest absolute Gasteiger partial charge is 0.383 e. The highest BCUT2D eigenvalue weighted by atomic mass is 19.3. The number of anilines is 2. The van der Waals surface area contributed by atoms with Crippen molar-refractivity contribution in [3.05, 3.63) is 20.8 Å². The minimum atomic E-state index is -2.62. The van der Waals surface area contributed by atoms with Gasteiger partial charge in [-0.3, -0.25) is 14.3 Å². The maximum atomic E-state index is 12.1. The average Bonchev–Trinajstić information content (AvgIpc) is 2.23. The summed E-state index contributed by atoms with van der Waals surface area (Å²) in [6.45, 7) is 3.32. The predicted molar refractivity (Wildman–Crippen MR) is 65.1 cm³/mol. The van der Waals surface area contributed by atoms with Crippen LogP contribution < -0.4 is 22.3 Å². The highest BCUT2D eigenvalue weighted by Crippen LogP contribution is 2.12. The third kappa shape index (κ3) is 3.31. The second kappa shape index (κ2) is 5.65. The van der Waals surface area contributed by atoms with Crippen molar-refractivity contribution in [1.29, 1.82) is 0 Å². The zero-order valence-electron chi connectivity index (χ0n) is 10.2. The zero-order valence-corrected chi connectivity index (χ0v) is 10.2. The van der Waals surface area contributed by atoms with Crippen LogP contribution in [0.5, 0.6) is 0 Å². The lowest BCUT2D eigenvalue weighted by molar-refractivity contribution is 0.163. The van der Waals surface area contributed by atoms with E-state index in [1.807, 2.05) is 18.8 Å². The molecule has 0 radical (unpaired) electrons. The number of hydrogen-bond donors (Lipinski definition) is 3. The molecule has 1 aromatic heterocycles. The summed E-state index contributed by atoms with van der Waals surface area (Å²) in [5.74, 6) is -0.00282. The fraction of sp³-hybridized carbons (Fsp3) is 0.600. The molecule has 6 nitrogen and oxygen atoms in total. The summed E-state index contributed by atoms with van der Waals surface area (Å²) in [6, 6.07) is 0. The molecular weight excluding hydrogens is 246 g/mol. The van der Waals surface area contributed by atoms with E-state index in [4.69, 9.17) is 5.73 Å². The van der Waals surface area contributed by atoms with Gasteiger partial charge in [-0.15, -0.1) is 0 Å². The summed E-state index contributed by atoms with van der Waals surface area (Å²) in [4.78, 5) is 25.0. The number of nitrogen functional groups attached to an aromatic ring is 1. The lowest BCUT2D eigenvalue weighted by Crippen LogP contribution is -2.35. The molecule has 18 heavy (non-hydrogen) atoms. The van der Waals surface area contributed by atoms with Gasteiger partial charge in [-0.1, -0.05) is 13.8 Å². The van der Waals surface area contributed by atoms with Crippen LogP contribution in [0.2, 0.25) is 0 Å². The molecule has 0 fully saturated rings. The SMILES string of the molecule is CC(C)Cn1c(N)c(NCC(F)F)c(=O)[nH]c1=O. The first kappa shape index (κ1) is 14.2. The number of rotatable bonds is 5. The molecule has 0 aliphatic rings. The van der Waals surface area contributed by atoms with Gasteiger partial charge in [0.25, 0.3) is 12.0 Å². The Kier molecular flexibility index (Phi) is 4.46. The van der Waals surface area contributed by atoms with Crippen LogP contribution in [0.3, 0.4) is 0 Å². The van der Waals surface area contributed by atoms with E-state index in [-0.39, 0.29) is 17.4 Å². The van der Waals surface area contributed by atoms with Crippen molar-refractivity contribution in [3.8, 4) is 0 Å². The topological polar surface area (TPSA) is 92.9 Å². The molecule has 0 amide bonds. The number of aromatic amines is 1. The van der Waals surface area contributed by atoms with E-state index in [2.05, 4.69) is 5.32 Å². The van der Waals surface area contributed by atoms with Gasteiger partial charge < -0.3 is 11.1 Å². The molecule has 0 aromatic carbocycles. The molecular formula is C10H16F2N4O2. The number of H-pyrrole nitrogens is 1. The van der Waals surface area contributed by atoms with Crippen LogP contribution >= 0.6 is 0 Å². The third-order valence-electron chi connectivity index (χ3n) is 2.22. The molecule has 0 unspecified atom stereocenters. The predicted octanol–water partition coefficient (Wildman–Crippen LogP) is 0.452. The molecule has 0 aliphatic heterocycles. The van der Waals surface area contributed by atoms with E-state index in [1.54, 1.807) is 0 Å². The number of nitrogens with zero attached hydrogens (tertiary/aromatic N) is 1. The molecule has 0 atom stereocenters. The van der Waals surface area contributed by atoms with Crippen molar-refractivity contribution >= 4 is 11.5 Å². The summed E-state index contributed by atoms with van der Waals surface area (Å²) in [5.41, 5.74) is 4.02. The third-order valence-corrected chi connectivity index (χ3v) is 2.22. The van der Waals surface area contributed by atoms with Gasteiger partial charge in [0.15, 0.2) is 0 Å². The monoisotopic (exact) mass is 262 g/mol. The second-order valence-electron chi connectivity index (χ2n) is 4.30. The minimum absolute atomic E-state index is 0.124. The summed E-state index contributed by atoms with van der Waals surface area (Å²) in [5, 5.41) is 2.24. The first-order valence-electron chi connectivity index (χ1n) is 5.47. The molecule has 0 saturated heterocycles. The Morgan fingerprint density at radius 3 is 2.50 bits per heavy atom. The summed E-state index contributed by atoms with van der Waals surface area (Å²) in [7, 11) is 0. The molecule has 1 heterocycles. The lowest BCUT2D eigenvalue weighted by atomic mass is 10.2. The fourth-order valence-corrected chi connectivity index (χ4v) is 1.48. The van der Waals surface area contributed by atoms with Gasteiger partial charge in [-0.05, 0) is 5.92 Å². The molecule has 0 aliphatic carbocycles. The highest BCUT2D eigenvalue weighted by molar-refractivity contribution is 5.60. The van der Waals surface area contributed by atoms with Crippen molar-refractivity contribution in [1.82, 2.24) is 9.55 Å². The first-order chi connectivity index (χ1) is 8.32.